The van der Waals surface area contributed by atoms with E-state index in [-0.39, 0.29) is 11.5 Å². The van der Waals surface area contributed by atoms with Gasteiger partial charge in [-0.25, -0.2) is 9.78 Å². The van der Waals surface area contributed by atoms with Crippen molar-refractivity contribution < 1.29 is 9.53 Å². The van der Waals surface area contributed by atoms with Gasteiger partial charge in [-0.2, -0.15) is 0 Å². The SMILES string of the molecule is Nc1cncc(C(=O)Oc2cccc(Br)c2)n1. The van der Waals surface area contributed by atoms with Crippen LogP contribution in [0.1, 0.15) is 10.5 Å². The Bertz CT molecular complexity index is 560. The van der Waals surface area contributed by atoms with Crippen LogP contribution in [0.2, 0.25) is 0 Å². The van der Waals surface area contributed by atoms with E-state index in [0.717, 1.165) is 4.47 Å². The second-order valence-electron chi connectivity index (χ2n) is 3.18. The van der Waals surface area contributed by atoms with Crippen LogP contribution in [0.4, 0.5) is 5.82 Å². The largest absolute Gasteiger partial charge is 0.422 e. The lowest BCUT2D eigenvalue weighted by molar-refractivity contribution is 0.0728. The van der Waals surface area contributed by atoms with Crippen molar-refractivity contribution in [1.82, 2.24) is 9.97 Å². The van der Waals surface area contributed by atoms with Gasteiger partial charge in [-0.15, -0.1) is 0 Å². The average Bonchev–Trinajstić information content (AvgIpc) is 2.29. The van der Waals surface area contributed by atoms with Crippen molar-refractivity contribution >= 4 is 27.7 Å². The van der Waals surface area contributed by atoms with Gasteiger partial charge in [0.05, 0.1) is 12.4 Å². The molecule has 0 aliphatic carbocycles. The fraction of sp³-hybridized carbons (Fsp3) is 0. The zero-order valence-electron chi connectivity index (χ0n) is 8.63. The third-order valence-electron chi connectivity index (χ3n) is 1.87. The first kappa shape index (κ1) is 11.5. The van der Waals surface area contributed by atoms with Gasteiger partial charge in [0, 0.05) is 4.47 Å². The summed E-state index contributed by atoms with van der Waals surface area (Å²) in [5.74, 6) is 0.00481. The Morgan fingerprint density at radius 2 is 2.18 bits per heavy atom. The molecule has 0 radical (unpaired) electrons. The van der Waals surface area contributed by atoms with E-state index in [1.165, 1.54) is 12.4 Å². The van der Waals surface area contributed by atoms with E-state index in [4.69, 9.17) is 10.5 Å². The summed E-state index contributed by atoms with van der Waals surface area (Å²) in [7, 11) is 0. The molecule has 5 nitrogen and oxygen atoms in total. The van der Waals surface area contributed by atoms with Crippen molar-refractivity contribution in [1.29, 1.82) is 0 Å². The molecule has 0 atom stereocenters. The van der Waals surface area contributed by atoms with Crippen LogP contribution in [0.3, 0.4) is 0 Å². The normalized spacial score (nSPS) is 9.94. The van der Waals surface area contributed by atoms with Gasteiger partial charge in [0.25, 0.3) is 0 Å². The summed E-state index contributed by atoms with van der Waals surface area (Å²) in [6.45, 7) is 0. The van der Waals surface area contributed by atoms with Crippen molar-refractivity contribution in [2.75, 3.05) is 5.73 Å². The van der Waals surface area contributed by atoms with Gasteiger partial charge in [-0.3, -0.25) is 4.98 Å². The molecule has 1 heterocycles. The first-order valence-electron chi connectivity index (χ1n) is 4.70. The first-order chi connectivity index (χ1) is 8.15. The smallest absolute Gasteiger partial charge is 0.364 e. The van der Waals surface area contributed by atoms with E-state index < -0.39 is 5.97 Å². The van der Waals surface area contributed by atoms with Crippen LogP contribution >= 0.6 is 15.9 Å². The van der Waals surface area contributed by atoms with Gasteiger partial charge in [0.1, 0.15) is 11.6 Å². The lowest BCUT2D eigenvalue weighted by Crippen LogP contribution is -2.12. The number of nitrogen functional groups attached to an aromatic ring is 1. The number of hydrogen-bond donors (Lipinski definition) is 1. The number of nitrogens with two attached hydrogens (primary N) is 1. The summed E-state index contributed by atoms with van der Waals surface area (Å²) in [6.07, 6.45) is 2.66. The predicted molar refractivity (Wildman–Crippen MR) is 65.5 cm³/mol. The zero-order chi connectivity index (χ0) is 12.3. The average molecular weight is 294 g/mol. The minimum Gasteiger partial charge on any atom is -0.422 e. The maximum atomic E-state index is 11.7. The molecule has 1 aromatic heterocycles. The van der Waals surface area contributed by atoms with Crippen molar-refractivity contribution in [2.45, 2.75) is 0 Å². The van der Waals surface area contributed by atoms with Crippen molar-refractivity contribution in [3.8, 4) is 5.75 Å². The van der Waals surface area contributed by atoms with Gasteiger partial charge >= 0.3 is 5.97 Å². The molecular weight excluding hydrogens is 286 g/mol. The lowest BCUT2D eigenvalue weighted by Gasteiger charge is -2.03. The molecule has 2 aromatic rings. The highest BCUT2D eigenvalue weighted by Gasteiger charge is 2.11. The molecule has 17 heavy (non-hydrogen) atoms. The van der Waals surface area contributed by atoms with Crippen molar-refractivity contribution in [2.24, 2.45) is 0 Å². The topological polar surface area (TPSA) is 78.1 Å². The van der Waals surface area contributed by atoms with Gasteiger partial charge in [0.15, 0.2) is 5.69 Å². The Labute approximate surface area is 106 Å². The highest BCUT2D eigenvalue weighted by atomic mass is 79.9. The number of rotatable bonds is 2. The second kappa shape index (κ2) is 4.92. The van der Waals surface area contributed by atoms with E-state index in [2.05, 4.69) is 25.9 Å². The van der Waals surface area contributed by atoms with Gasteiger partial charge in [-0.05, 0) is 18.2 Å². The summed E-state index contributed by atoms with van der Waals surface area (Å²) >= 11 is 3.28. The predicted octanol–water partition coefficient (Wildman–Crippen LogP) is 2.04. The number of esters is 1. The molecule has 1 aromatic carbocycles. The minimum absolute atomic E-state index is 0.0741. The Hall–Kier alpha value is -1.95. The highest BCUT2D eigenvalue weighted by molar-refractivity contribution is 9.10. The van der Waals surface area contributed by atoms with Crippen LogP contribution in [-0.2, 0) is 0 Å². The maximum absolute atomic E-state index is 11.7. The molecule has 0 aliphatic rings. The minimum atomic E-state index is -0.595. The molecule has 0 bridgehead atoms. The molecule has 0 spiro atoms. The quantitative estimate of drug-likeness (QED) is 0.677. The zero-order valence-corrected chi connectivity index (χ0v) is 10.2. The van der Waals surface area contributed by atoms with E-state index in [1.54, 1.807) is 18.2 Å². The molecule has 0 saturated carbocycles. The maximum Gasteiger partial charge on any atom is 0.364 e. The van der Waals surface area contributed by atoms with Gasteiger partial charge < -0.3 is 10.5 Å². The fourth-order valence-corrected chi connectivity index (χ4v) is 1.55. The standard InChI is InChI=1S/C11H8BrN3O2/c12-7-2-1-3-8(4-7)17-11(16)9-5-14-6-10(13)15-9/h1-6H,(H2,13,15). The third kappa shape index (κ3) is 3.01. The van der Waals surface area contributed by atoms with Crippen molar-refractivity contribution in [3.63, 3.8) is 0 Å². The Balaban J connectivity index is 2.17. The lowest BCUT2D eigenvalue weighted by atomic mass is 10.3. The molecule has 0 aliphatic heterocycles. The number of anilines is 1. The number of ether oxygens (including phenoxy) is 1. The molecule has 2 rings (SSSR count). The van der Waals surface area contributed by atoms with E-state index in [9.17, 15) is 4.79 Å². The number of halogens is 1. The molecule has 0 saturated heterocycles. The summed E-state index contributed by atoms with van der Waals surface area (Å²) < 4.78 is 5.93. The Morgan fingerprint density at radius 3 is 2.88 bits per heavy atom. The van der Waals surface area contributed by atoms with Crippen LogP contribution in [0.5, 0.6) is 5.75 Å². The Morgan fingerprint density at radius 1 is 1.35 bits per heavy atom. The number of carbonyl (C=O) groups excluding carboxylic acids is 1. The summed E-state index contributed by atoms with van der Waals surface area (Å²) in [5, 5.41) is 0. The van der Waals surface area contributed by atoms with Gasteiger partial charge in [0.2, 0.25) is 0 Å². The first-order valence-corrected chi connectivity index (χ1v) is 5.50. The number of nitrogens with zero attached hydrogens (tertiary/aromatic N) is 2. The van der Waals surface area contributed by atoms with E-state index >= 15 is 0 Å². The van der Waals surface area contributed by atoms with Crippen LogP contribution in [-0.4, -0.2) is 15.9 Å². The molecule has 86 valence electrons. The monoisotopic (exact) mass is 293 g/mol. The summed E-state index contributed by atoms with van der Waals surface area (Å²) in [4.78, 5) is 19.3. The van der Waals surface area contributed by atoms with Crippen LogP contribution in [0, 0.1) is 0 Å². The van der Waals surface area contributed by atoms with Crippen LogP contribution in [0.25, 0.3) is 0 Å². The van der Waals surface area contributed by atoms with Gasteiger partial charge in [-0.1, -0.05) is 22.0 Å². The highest BCUT2D eigenvalue weighted by Crippen LogP contribution is 2.18. The van der Waals surface area contributed by atoms with E-state index in [0.29, 0.717) is 5.75 Å². The van der Waals surface area contributed by atoms with E-state index in [1.807, 2.05) is 6.07 Å². The van der Waals surface area contributed by atoms with Crippen LogP contribution < -0.4 is 10.5 Å². The second-order valence-corrected chi connectivity index (χ2v) is 4.09. The third-order valence-corrected chi connectivity index (χ3v) is 2.36. The number of benzene rings is 1. The Kier molecular flexibility index (Phi) is 3.34. The molecule has 0 fully saturated rings. The molecule has 0 amide bonds. The summed E-state index contributed by atoms with van der Waals surface area (Å²) in [5.41, 5.74) is 5.50. The molecule has 6 heteroatoms. The van der Waals surface area contributed by atoms with Crippen LogP contribution in [0.15, 0.2) is 41.1 Å². The molecular formula is C11H8BrN3O2. The number of aromatic nitrogens is 2. The summed E-state index contributed by atoms with van der Waals surface area (Å²) in [6, 6.07) is 6.94. The molecule has 0 unspecified atom stereocenters. The number of carbonyl (C=O) groups is 1. The molecule has 2 N–H and O–H groups in total. The fourth-order valence-electron chi connectivity index (χ4n) is 1.17. The van der Waals surface area contributed by atoms with Crippen molar-refractivity contribution in [3.05, 3.63) is 46.8 Å². The number of hydrogen-bond acceptors (Lipinski definition) is 5.